The van der Waals surface area contributed by atoms with E-state index < -0.39 is 0 Å². The molecule has 0 aliphatic heterocycles. The Bertz CT molecular complexity index is 583. The lowest BCUT2D eigenvalue weighted by molar-refractivity contribution is 0.299. The molecule has 0 radical (unpaired) electrons. The molecule has 2 aromatic heterocycles. The van der Waals surface area contributed by atoms with Crippen molar-refractivity contribution < 1.29 is 0 Å². The van der Waals surface area contributed by atoms with E-state index in [1.54, 1.807) is 6.20 Å². The normalized spacial score (nSPS) is 20.6. The maximum Gasteiger partial charge on any atom is 0.131 e. The highest BCUT2D eigenvalue weighted by Crippen LogP contribution is 2.27. The van der Waals surface area contributed by atoms with Gasteiger partial charge in [0.2, 0.25) is 0 Å². The topological polar surface area (TPSA) is 49.8 Å². The predicted octanol–water partition coefficient (Wildman–Crippen LogP) is 3.96. The second-order valence-electron chi connectivity index (χ2n) is 6.06. The van der Waals surface area contributed by atoms with Crippen LogP contribution in [0.2, 0.25) is 0 Å². The Labute approximate surface area is 144 Å². The highest BCUT2D eigenvalue weighted by atomic mass is 35.5. The fourth-order valence-corrected chi connectivity index (χ4v) is 3.18. The van der Waals surface area contributed by atoms with Crippen LogP contribution in [0.3, 0.4) is 0 Å². The Kier molecular flexibility index (Phi) is 6.81. The number of anilines is 2. The molecule has 1 saturated carbocycles. The average Bonchev–Trinajstić information content (AvgIpc) is 2.57. The molecule has 0 amide bonds. The van der Waals surface area contributed by atoms with E-state index in [1.165, 1.54) is 31.4 Å². The van der Waals surface area contributed by atoms with Gasteiger partial charge in [-0.3, -0.25) is 0 Å². The van der Waals surface area contributed by atoms with E-state index in [1.807, 2.05) is 24.3 Å². The van der Waals surface area contributed by atoms with Gasteiger partial charge >= 0.3 is 0 Å². The summed E-state index contributed by atoms with van der Waals surface area (Å²) in [5.41, 5.74) is 1.17. The van der Waals surface area contributed by atoms with Gasteiger partial charge in [-0.25, -0.2) is 9.97 Å². The number of nitrogens with one attached hydrogen (secondary N) is 2. The molecule has 0 bridgehead atoms. The summed E-state index contributed by atoms with van der Waals surface area (Å²) >= 11 is 0. The minimum atomic E-state index is 0. The quantitative estimate of drug-likeness (QED) is 0.870. The van der Waals surface area contributed by atoms with E-state index in [4.69, 9.17) is 4.98 Å². The van der Waals surface area contributed by atoms with Crippen LogP contribution in [-0.2, 0) is 6.42 Å². The maximum absolute atomic E-state index is 4.73. The van der Waals surface area contributed by atoms with Gasteiger partial charge < -0.3 is 10.6 Å². The van der Waals surface area contributed by atoms with Gasteiger partial charge in [0.15, 0.2) is 0 Å². The molecule has 0 aromatic carbocycles. The van der Waals surface area contributed by atoms with Crippen molar-refractivity contribution in [1.82, 2.24) is 15.3 Å². The number of nitrogens with zero attached hydrogens (tertiary/aromatic N) is 2. The third-order valence-corrected chi connectivity index (χ3v) is 4.48. The fraction of sp³-hybridized carbons (Fsp3) is 0.444. The molecule has 0 spiro atoms. The molecule has 1 aliphatic rings. The molecule has 3 rings (SSSR count). The van der Waals surface area contributed by atoms with Crippen LogP contribution < -0.4 is 10.6 Å². The third kappa shape index (κ3) is 5.19. The number of hydrogen-bond acceptors (Lipinski definition) is 4. The summed E-state index contributed by atoms with van der Waals surface area (Å²) in [5.74, 6) is 2.48. The third-order valence-electron chi connectivity index (χ3n) is 4.48. The van der Waals surface area contributed by atoms with Crippen LogP contribution in [0.5, 0.6) is 0 Å². The maximum atomic E-state index is 4.73. The number of pyridine rings is 2. The van der Waals surface area contributed by atoms with Crippen LogP contribution in [0.4, 0.5) is 11.6 Å². The summed E-state index contributed by atoms with van der Waals surface area (Å²) < 4.78 is 0. The van der Waals surface area contributed by atoms with Crippen molar-refractivity contribution in [3.05, 3.63) is 48.3 Å². The first kappa shape index (κ1) is 17.7. The zero-order chi connectivity index (χ0) is 15.2. The minimum absolute atomic E-state index is 0. The van der Waals surface area contributed by atoms with Crippen LogP contribution in [0.15, 0.2) is 42.6 Å². The molecule has 2 aromatic rings. The Balaban J connectivity index is 0.00000192. The molecule has 0 saturated heterocycles. The summed E-state index contributed by atoms with van der Waals surface area (Å²) in [6.45, 7) is 0. The van der Waals surface area contributed by atoms with Gasteiger partial charge in [0.1, 0.15) is 11.6 Å². The average molecular weight is 333 g/mol. The number of hydrogen-bond donors (Lipinski definition) is 2. The van der Waals surface area contributed by atoms with E-state index in [-0.39, 0.29) is 12.4 Å². The molecule has 0 unspecified atom stereocenters. The summed E-state index contributed by atoms with van der Waals surface area (Å²) in [6.07, 6.45) is 8.02. The molecule has 5 heteroatoms. The van der Waals surface area contributed by atoms with Crippen molar-refractivity contribution in [1.29, 1.82) is 0 Å². The highest BCUT2D eigenvalue weighted by molar-refractivity contribution is 5.85. The molecule has 124 valence electrons. The van der Waals surface area contributed by atoms with E-state index >= 15 is 0 Å². The molecular formula is C18H25ClN4. The van der Waals surface area contributed by atoms with Gasteiger partial charge in [-0.1, -0.05) is 12.1 Å². The van der Waals surface area contributed by atoms with Gasteiger partial charge in [-0.05, 0) is 69.3 Å². The first-order chi connectivity index (χ1) is 10.8. The van der Waals surface area contributed by atoms with Crippen LogP contribution >= 0.6 is 12.4 Å². The Hall–Kier alpha value is -1.65. The molecule has 2 heterocycles. The second kappa shape index (κ2) is 8.85. The molecule has 23 heavy (non-hydrogen) atoms. The number of rotatable bonds is 5. The van der Waals surface area contributed by atoms with Gasteiger partial charge in [-0.2, -0.15) is 0 Å². The van der Waals surface area contributed by atoms with Crippen molar-refractivity contribution in [2.24, 2.45) is 5.92 Å². The van der Waals surface area contributed by atoms with E-state index in [2.05, 4.69) is 34.8 Å². The molecule has 4 nitrogen and oxygen atoms in total. The van der Waals surface area contributed by atoms with E-state index in [0.717, 1.165) is 24.0 Å². The molecule has 2 N–H and O–H groups in total. The molecule has 0 atom stereocenters. The van der Waals surface area contributed by atoms with Gasteiger partial charge in [0, 0.05) is 17.9 Å². The largest absolute Gasteiger partial charge is 0.325 e. The summed E-state index contributed by atoms with van der Waals surface area (Å²) in [6, 6.07) is 12.8. The lowest BCUT2D eigenvalue weighted by atomic mass is 9.83. The number of halogens is 1. The Morgan fingerprint density at radius 1 is 1.00 bits per heavy atom. The van der Waals surface area contributed by atoms with Crippen LogP contribution in [-0.4, -0.2) is 23.1 Å². The van der Waals surface area contributed by atoms with Gasteiger partial charge in [0.05, 0.1) is 0 Å². The highest BCUT2D eigenvalue weighted by Gasteiger charge is 2.20. The van der Waals surface area contributed by atoms with Crippen molar-refractivity contribution >= 4 is 24.0 Å². The van der Waals surface area contributed by atoms with Crippen molar-refractivity contribution in [3.8, 4) is 0 Å². The Morgan fingerprint density at radius 3 is 2.48 bits per heavy atom. The van der Waals surface area contributed by atoms with Crippen LogP contribution in [0.1, 0.15) is 31.4 Å². The molecule has 1 aliphatic carbocycles. The monoisotopic (exact) mass is 332 g/mol. The summed E-state index contributed by atoms with van der Waals surface area (Å²) in [5, 5.41) is 6.66. The smallest absolute Gasteiger partial charge is 0.131 e. The Morgan fingerprint density at radius 2 is 1.78 bits per heavy atom. The summed E-state index contributed by atoms with van der Waals surface area (Å²) in [4.78, 5) is 9.01. The molecular weight excluding hydrogens is 308 g/mol. The zero-order valence-corrected chi connectivity index (χ0v) is 14.4. The lowest BCUT2D eigenvalue weighted by Crippen LogP contribution is -2.30. The fourth-order valence-electron chi connectivity index (χ4n) is 3.18. The lowest BCUT2D eigenvalue weighted by Gasteiger charge is -2.28. The first-order valence-corrected chi connectivity index (χ1v) is 8.15. The first-order valence-electron chi connectivity index (χ1n) is 8.15. The van der Waals surface area contributed by atoms with E-state index in [0.29, 0.717) is 6.04 Å². The minimum Gasteiger partial charge on any atom is -0.325 e. The number of aromatic nitrogens is 2. The SMILES string of the molecule is CNC1CCC(Cc2cccc(Nc3ccccn3)n2)CC1.Cl. The van der Waals surface area contributed by atoms with Crippen molar-refractivity contribution in [2.45, 2.75) is 38.1 Å². The van der Waals surface area contributed by atoms with Crippen molar-refractivity contribution in [3.63, 3.8) is 0 Å². The second-order valence-corrected chi connectivity index (χ2v) is 6.06. The van der Waals surface area contributed by atoms with Crippen molar-refractivity contribution in [2.75, 3.05) is 12.4 Å². The van der Waals surface area contributed by atoms with E-state index in [9.17, 15) is 0 Å². The standard InChI is InChI=1S/C18H24N4.ClH/c1-19-15-10-8-14(9-11-15)13-16-5-4-7-18(21-16)22-17-6-2-3-12-20-17;/h2-7,12,14-15,19H,8-11,13H2,1H3,(H,20,21,22);1H. The predicted molar refractivity (Wildman–Crippen MR) is 97.5 cm³/mol. The van der Waals surface area contributed by atoms with Gasteiger partial charge in [0.25, 0.3) is 0 Å². The molecule has 1 fully saturated rings. The van der Waals surface area contributed by atoms with Crippen LogP contribution in [0.25, 0.3) is 0 Å². The zero-order valence-electron chi connectivity index (χ0n) is 13.5. The van der Waals surface area contributed by atoms with Crippen LogP contribution in [0, 0.1) is 5.92 Å². The summed E-state index contributed by atoms with van der Waals surface area (Å²) in [7, 11) is 2.07. The van der Waals surface area contributed by atoms with Gasteiger partial charge in [-0.15, -0.1) is 12.4 Å².